The molecule has 9 heteroatoms. The molecule has 1 aliphatic carbocycles. The van der Waals surface area contributed by atoms with Crippen LogP contribution < -0.4 is 10.1 Å². The molecule has 28 heavy (non-hydrogen) atoms. The van der Waals surface area contributed by atoms with Gasteiger partial charge in [-0.25, -0.2) is 0 Å². The molecule has 2 aromatic rings. The molecule has 0 bridgehead atoms. The van der Waals surface area contributed by atoms with Crippen LogP contribution in [0.5, 0.6) is 5.75 Å². The van der Waals surface area contributed by atoms with Crippen molar-refractivity contribution in [3.63, 3.8) is 0 Å². The van der Waals surface area contributed by atoms with E-state index in [1.165, 1.54) is 18.2 Å². The molecule has 1 aromatic heterocycles. The molecule has 1 aliphatic heterocycles. The van der Waals surface area contributed by atoms with Gasteiger partial charge in [-0.2, -0.15) is 5.10 Å². The number of aromatic amines is 1. The first kappa shape index (κ1) is 18.8. The molecule has 2 unspecified atom stereocenters. The number of amides is 1. The molecule has 1 aromatic carbocycles. The number of nitrogens with zero attached hydrogens (tertiary/aromatic N) is 2. The zero-order chi connectivity index (χ0) is 19.9. The Morgan fingerprint density at radius 3 is 2.71 bits per heavy atom. The van der Waals surface area contributed by atoms with Crippen molar-refractivity contribution in [1.82, 2.24) is 20.4 Å². The maximum absolute atomic E-state index is 12.3. The predicted molar refractivity (Wildman–Crippen MR) is 94.5 cm³/mol. The van der Waals surface area contributed by atoms with Crippen molar-refractivity contribution in [1.29, 1.82) is 0 Å². The van der Waals surface area contributed by atoms with Crippen molar-refractivity contribution in [3.05, 3.63) is 47.3 Å². The van der Waals surface area contributed by atoms with Crippen LogP contribution in [0, 0.1) is 24.7 Å². The second kappa shape index (κ2) is 7.12. The number of halogens is 3. The third kappa shape index (κ3) is 4.30. The van der Waals surface area contributed by atoms with Crippen LogP contribution in [0.4, 0.5) is 13.2 Å². The number of rotatable bonds is 6. The molecule has 2 N–H and O–H groups in total. The Morgan fingerprint density at radius 2 is 2.07 bits per heavy atom. The lowest BCUT2D eigenvalue weighted by atomic mass is 10.2. The number of carbonyl (C=O) groups excluding carboxylic acids is 1. The number of fused-ring (bicyclic) bond motifs is 1. The van der Waals surface area contributed by atoms with Crippen LogP contribution in [0.2, 0.25) is 0 Å². The molecule has 0 radical (unpaired) electrons. The maximum atomic E-state index is 12.3. The van der Waals surface area contributed by atoms with Crippen molar-refractivity contribution in [3.8, 4) is 5.75 Å². The average Bonchev–Trinajstić information content (AvgIpc) is 2.94. The number of H-pyrrole nitrogens is 1. The Hall–Kier alpha value is -2.55. The second-order valence-electron chi connectivity index (χ2n) is 7.51. The maximum Gasteiger partial charge on any atom is 0.573 e. The van der Waals surface area contributed by atoms with Gasteiger partial charge in [0, 0.05) is 37.4 Å². The molecule has 2 aliphatic rings. The monoisotopic (exact) mass is 394 g/mol. The molecule has 0 spiro atoms. The normalized spacial score (nSPS) is 24.1. The summed E-state index contributed by atoms with van der Waals surface area (Å²) in [6, 6.07) is 7.16. The first-order valence-electron chi connectivity index (χ1n) is 9.16. The van der Waals surface area contributed by atoms with E-state index in [1.807, 2.05) is 13.0 Å². The third-order valence-electron chi connectivity index (χ3n) is 5.42. The lowest BCUT2D eigenvalue weighted by Gasteiger charge is -2.18. The molecule has 2 atom stereocenters. The fourth-order valence-electron chi connectivity index (χ4n) is 4.10. The average molecular weight is 394 g/mol. The quantitative estimate of drug-likeness (QED) is 0.791. The van der Waals surface area contributed by atoms with Crippen molar-refractivity contribution in [2.24, 2.45) is 17.8 Å². The number of carbonyl (C=O) groups is 1. The van der Waals surface area contributed by atoms with E-state index in [-0.39, 0.29) is 11.5 Å². The fourth-order valence-corrected chi connectivity index (χ4v) is 4.10. The van der Waals surface area contributed by atoms with Gasteiger partial charge in [-0.1, -0.05) is 6.07 Å². The van der Waals surface area contributed by atoms with Crippen LogP contribution in [-0.2, 0) is 6.54 Å². The zero-order valence-electron chi connectivity index (χ0n) is 15.3. The SMILES string of the molecule is Cc1cc(CN2CC3C(CNC(=O)c4cccc(OC(F)(F)F)c4)C3C2)n[nH]1. The van der Waals surface area contributed by atoms with Crippen LogP contribution >= 0.6 is 0 Å². The summed E-state index contributed by atoms with van der Waals surface area (Å²) in [6.45, 7) is 5.29. The smallest absolute Gasteiger partial charge is 0.406 e. The van der Waals surface area contributed by atoms with E-state index >= 15 is 0 Å². The van der Waals surface area contributed by atoms with E-state index < -0.39 is 12.1 Å². The summed E-state index contributed by atoms with van der Waals surface area (Å²) in [5.74, 6) is 0.755. The topological polar surface area (TPSA) is 70.2 Å². The molecule has 1 saturated carbocycles. The first-order valence-corrected chi connectivity index (χ1v) is 9.16. The van der Waals surface area contributed by atoms with Gasteiger partial charge < -0.3 is 10.1 Å². The van der Waals surface area contributed by atoms with E-state index in [9.17, 15) is 18.0 Å². The number of ether oxygens (including phenoxy) is 1. The predicted octanol–water partition coefficient (Wildman–Crippen LogP) is 2.72. The molecule has 6 nitrogen and oxygen atoms in total. The largest absolute Gasteiger partial charge is 0.573 e. The summed E-state index contributed by atoms with van der Waals surface area (Å²) in [7, 11) is 0. The molecule has 1 saturated heterocycles. The van der Waals surface area contributed by atoms with Gasteiger partial charge in [-0.15, -0.1) is 13.2 Å². The van der Waals surface area contributed by atoms with Crippen molar-refractivity contribution in [2.45, 2.75) is 19.8 Å². The molecule has 150 valence electrons. The molecule has 2 fully saturated rings. The van der Waals surface area contributed by atoms with Gasteiger partial charge in [-0.05, 0) is 48.9 Å². The molecular formula is C19H21F3N4O2. The number of hydrogen-bond acceptors (Lipinski definition) is 4. The van der Waals surface area contributed by atoms with Gasteiger partial charge in [-0.3, -0.25) is 14.8 Å². The number of aryl methyl sites for hydroxylation is 1. The van der Waals surface area contributed by atoms with Crippen LogP contribution in [0.3, 0.4) is 0 Å². The van der Waals surface area contributed by atoms with E-state index in [1.54, 1.807) is 0 Å². The van der Waals surface area contributed by atoms with Gasteiger partial charge in [0.05, 0.1) is 5.69 Å². The zero-order valence-corrected chi connectivity index (χ0v) is 15.3. The Balaban J connectivity index is 1.23. The van der Waals surface area contributed by atoms with Crippen molar-refractivity contribution < 1.29 is 22.7 Å². The van der Waals surface area contributed by atoms with Gasteiger partial charge in [0.2, 0.25) is 0 Å². The number of alkyl halides is 3. The molecule has 4 rings (SSSR count). The summed E-state index contributed by atoms with van der Waals surface area (Å²) >= 11 is 0. The van der Waals surface area contributed by atoms with Gasteiger partial charge in [0.15, 0.2) is 0 Å². The fraction of sp³-hybridized carbons (Fsp3) is 0.474. The second-order valence-corrected chi connectivity index (χ2v) is 7.51. The lowest BCUT2D eigenvalue weighted by Crippen LogP contribution is -2.30. The van der Waals surface area contributed by atoms with E-state index in [0.717, 1.165) is 37.1 Å². The number of benzene rings is 1. The summed E-state index contributed by atoms with van der Waals surface area (Å²) in [4.78, 5) is 14.6. The highest BCUT2D eigenvalue weighted by atomic mass is 19.4. The number of piperidine rings is 1. The minimum Gasteiger partial charge on any atom is -0.406 e. The Kier molecular flexibility index (Phi) is 4.78. The summed E-state index contributed by atoms with van der Waals surface area (Å²) in [6.07, 6.45) is -4.78. The minimum atomic E-state index is -4.78. The Morgan fingerprint density at radius 1 is 1.32 bits per heavy atom. The van der Waals surface area contributed by atoms with Crippen LogP contribution in [0.25, 0.3) is 0 Å². The van der Waals surface area contributed by atoms with Crippen LogP contribution in [0.15, 0.2) is 30.3 Å². The summed E-state index contributed by atoms with van der Waals surface area (Å²) < 4.78 is 40.8. The number of aromatic nitrogens is 2. The molecule has 2 heterocycles. The number of hydrogen-bond donors (Lipinski definition) is 2. The molecule has 1 amide bonds. The van der Waals surface area contributed by atoms with Crippen molar-refractivity contribution >= 4 is 5.91 Å². The number of likely N-dealkylation sites (tertiary alicyclic amines) is 1. The van der Waals surface area contributed by atoms with E-state index in [4.69, 9.17) is 0 Å². The lowest BCUT2D eigenvalue weighted by molar-refractivity contribution is -0.274. The van der Waals surface area contributed by atoms with Gasteiger partial charge in [0.25, 0.3) is 5.91 Å². The van der Waals surface area contributed by atoms with E-state index in [2.05, 4.69) is 25.2 Å². The summed E-state index contributed by atoms with van der Waals surface area (Å²) in [5.41, 5.74) is 2.23. The first-order chi connectivity index (χ1) is 13.3. The van der Waals surface area contributed by atoms with Crippen LogP contribution in [0.1, 0.15) is 21.7 Å². The van der Waals surface area contributed by atoms with Crippen molar-refractivity contribution in [2.75, 3.05) is 19.6 Å². The third-order valence-corrected chi connectivity index (χ3v) is 5.42. The number of nitrogens with one attached hydrogen (secondary N) is 2. The van der Waals surface area contributed by atoms with E-state index in [0.29, 0.717) is 24.3 Å². The minimum absolute atomic E-state index is 0.156. The Labute approximate surface area is 160 Å². The van der Waals surface area contributed by atoms with Gasteiger partial charge in [0.1, 0.15) is 5.75 Å². The highest BCUT2D eigenvalue weighted by Gasteiger charge is 2.55. The van der Waals surface area contributed by atoms with Crippen LogP contribution in [-0.4, -0.2) is 47.0 Å². The van der Waals surface area contributed by atoms with Gasteiger partial charge >= 0.3 is 6.36 Å². The Bertz CT molecular complexity index is 855. The molecular weight excluding hydrogens is 373 g/mol. The standard InChI is InChI=1S/C19H21F3N4O2/c1-11-5-13(25-24-11)8-26-9-16-15(17(16)10-26)7-23-18(27)12-3-2-4-14(6-12)28-19(20,21)22/h2-6,15-17H,7-10H2,1H3,(H,23,27)(H,24,25). The summed E-state index contributed by atoms with van der Waals surface area (Å²) in [5, 5.41) is 10.0. The highest BCUT2D eigenvalue weighted by Crippen LogP contribution is 2.51. The highest BCUT2D eigenvalue weighted by molar-refractivity contribution is 5.94.